The molecule has 0 aliphatic heterocycles. The van der Waals surface area contributed by atoms with Crippen molar-refractivity contribution in [2.24, 2.45) is 0 Å². The van der Waals surface area contributed by atoms with E-state index in [1.54, 1.807) is 6.20 Å². The molecule has 0 radical (unpaired) electrons. The van der Waals surface area contributed by atoms with Gasteiger partial charge in [-0.1, -0.05) is 30.3 Å². The third-order valence-electron chi connectivity index (χ3n) is 2.96. The molecule has 0 spiro atoms. The number of hydrogen-bond donors (Lipinski definition) is 2. The first-order valence-electron chi connectivity index (χ1n) is 6.12. The zero-order valence-electron chi connectivity index (χ0n) is 11.2. The first-order valence-corrected chi connectivity index (χ1v) is 6.12. The van der Waals surface area contributed by atoms with Gasteiger partial charge in [0, 0.05) is 17.3 Å². The van der Waals surface area contributed by atoms with Gasteiger partial charge in [0.05, 0.1) is 18.9 Å². The lowest BCUT2D eigenvalue weighted by Gasteiger charge is -2.15. The van der Waals surface area contributed by atoms with Gasteiger partial charge in [0.25, 0.3) is 0 Å². The zero-order chi connectivity index (χ0) is 13.7. The number of rotatable bonds is 5. The second-order valence-electron chi connectivity index (χ2n) is 4.27. The molecule has 0 unspecified atom stereocenters. The summed E-state index contributed by atoms with van der Waals surface area (Å²) >= 11 is 0. The molecule has 108 valence electrons. The third-order valence-corrected chi connectivity index (χ3v) is 2.96. The molecule has 0 bridgehead atoms. The monoisotopic (exact) mass is 295 g/mol. The van der Waals surface area contributed by atoms with Crippen molar-refractivity contribution in [2.45, 2.75) is 26.7 Å². The number of ether oxygens (including phenoxy) is 1. The fourth-order valence-electron chi connectivity index (χ4n) is 1.91. The van der Waals surface area contributed by atoms with Crippen LogP contribution < -0.4 is 4.74 Å². The summed E-state index contributed by atoms with van der Waals surface area (Å²) in [6, 6.07) is 9.78. The van der Waals surface area contributed by atoms with Crippen LogP contribution in [0.5, 0.6) is 5.75 Å². The Kier molecular flexibility index (Phi) is 6.45. The maximum absolute atomic E-state index is 9.43. The van der Waals surface area contributed by atoms with Crippen molar-refractivity contribution in [3.63, 3.8) is 0 Å². The molecule has 0 saturated carbocycles. The maximum Gasteiger partial charge on any atom is 0.146 e. The lowest BCUT2D eigenvalue weighted by Crippen LogP contribution is -2.05. The zero-order valence-corrected chi connectivity index (χ0v) is 12.1. The van der Waals surface area contributed by atoms with Gasteiger partial charge in [-0.25, -0.2) is 0 Å². The Morgan fingerprint density at radius 2 is 1.80 bits per heavy atom. The SMILES string of the molecule is Cc1ncc(CO)c(CO)c1OCc1ccccc1.Cl. The molecule has 4 nitrogen and oxygen atoms in total. The summed E-state index contributed by atoms with van der Waals surface area (Å²) in [5, 5.41) is 18.7. The summed E-state index contributed by atoms with van der Waals surface area (Å²) in [5.41, 5.74) is 2.94. The largest absolute Gasteiger partial charge is 0.487 e. The molecule has 1 aromatic heterocycles. The van der Waals surface area contributed by atoms with Crippen LogP contribution in [0, 0.1) is 6.92 Å². The van der Waals surface area contributed by atoms with Crippen LogP contribution >= 0.6 is 12.4 Å². The van der Waals surface area contributed by atoms with Crippen molar-refractivity contribution in [3.8, 4) is 5.75 Å². The molecule has 0 atom stereocenters. The van der Waals surface area contributed by atoms with E-state index in [1.807, 2.05) is 37.3 Å². The van der Waals surface area contributed by atoms with Crippen molar-refractivity contribution in [2.75, 3.05) is 0 Å². The summed E-state index contributed by atoms with van der Waals surface area (Å²) in [4.78, 5) is 4.17. The van der Waals surface area contributed by atoms with Gasteiger partial charge in [0.15, 0.2) is 0 Å². The van der Waals surface area contributed by atoms with E-state index in [9.17, 15) is 10.2 Å². The second kappa shape index (κ2) is 7.85. The van der Waals surface area contributed by atoms with Gasteiger partial charge < -0.3 is 14.9 Å². The van der Waals surface area contributed by atoms with Crippen molar-refractivity contribution in [3.05, 3.63) is 58.9 Å². The number of aliphatic hydroxyl groups excluding tert-OH is 2. The highest BCUT2D eigenvalue weighted by molar-refractivity contribution is 5.85. The number of aromatic nitrogens is 1. The van der Waals surface area contributed by atoms with Crippen LogP contribution in [0.25, 0.3) is 0 Å². The van der Waals surface area contributed by atoms with Gasteiger partial charge in [0.2, 0.25) is 0 Å². The van der Waals surface area contributed by atoms with Crippen LogP contribution in [0.2, 0.25) is 0 Å². The highest BCUT2D eigenvalue weighted by Crippen LogP contribution is 2.26. The molecule has 1 heterocycles. The Bertz CT molecular complexity index is 546. The van der Waals surface area contributed by atoms with Gasteiger partial charge in [-0.05, 0) is 12.5 Å². The average molecular weight is 296 g/mol. The van der Waals surface area contributed by atoms with Crippen LogP contribution in [0.15, 0.2) is 36.5 Å². The summed E-state index contributed by atoms with van der Waals surface area (Å²) in [7, 11) is 0. The summed E-state index contributed by atoms with van der Waals surface area (Å²) in [6.45, 7) is 1.89. The first-order chi connectivity index (χ1) is 9.26. The number of pyridine rings is 1. The molecule has 5 heteroatoms. The highest BCUT2D eigenvalue weighted by atomic mass is 35.5. The average Bonchev–Trinajstić information content (AvgIpc) is 2.46. The first kappa shape index (κ1) is 16.4. The number of nitrogens with zero attached hydrogens (tertiary/aromatic N) is 1. The lowest BCUT2D eigenvalue weighted by molar-refractivity contribution is 0.242. The third kappa shape index (κ3) is 3.70. The van der Waals surface area contributed by atoms with Crippen LogP contribution in [0.4, 0.5) is 0 Å². The minimum Gasteiger partial charge on any atom is -0.487 e. The van der Waals surface area contributed by atoms with E-state index < -0.39 is 0 Å². The maximum atomic E-state index is 9.43. The molecular formula is C15H18ClNO3. The standard InChI is InChI=1S/C15H17NO3.ClH/c1-11-15(14(9-18)13(8-17)7-16-11)19-10-12-5-3-2-4-6-12;/h2-7,17-18H,8-10H2,1H3;1H. The van der Waals surface area contributed by atoms with E-state index in [-0.39, 0.29) is 25.6 Å². The topological polar surface area (TPSA) is 62.6 Å². The Labute approximate surface area is 124 Å². The normalized spacial score (nSPS) is 9.95. The number of aliphatic hydroxyl groups is 2. The van der Waals surface area contributed by atoms with E-state index in [2.05, 4.69) is 4.98 Å². The summed E-state index contributed by atoms with van der Waals surface area (Å²) in [5.74, 6) is 0.554. The Morgan fingerprint density at radius 1 is 1.10 bits per heavy atom. The number of benzene rings is 1. The quantitative estimate of drug-likeness (QED) is 0.889. The van der Waals surface area contributed by atoms with Crippen LogP contribution in [-0.2, 0) is 19.8 Å². The van der Waals surface area contributed by atoms with Crippen molar-refractivity contribution >= 4 is 12.4 Å². The van der Waals surface area contributed by atoms with Gasteiger partial charge >= 0.3 is 0 Å². The van der Waals surface area contributed by atoms with E-state index in [0.29, 0.717) is 29.2 Å². The lowest BCUT2D eigenvalue weighted by atomic mass is 10.1. The van der Waals surface area contributed by atoms with Crippen LogP contribution in [-0.4, -0.2) is 15.2 Å². The van der Waals surface area contributed by atoms with E-state index in [4.69, 9.17) is 4.74 Å². The van der Waals surface area contributed by atoms with Gasteiger partial charge in [-0.2, -0.15) is 0 Å². The molecule has 20 heavy (non-hydrogen) atoms. The number of aryl methyl sites for hydroxylation is 1. The Balaban J connectivity index is 0.00000200. The summed E-state index contributed by atoms with van der Waals surface area (Å²) < 4.78 is 5.75. The van der Waals surface area contributed by atoms with Crippen molar-refractivity contribution in [1.29, 1.82) is 0 Å². The number of halogens is 1. The predicted molar refractivity (Wildman–Crippen MR) is 78.8 cm³/mol. The van der Waals surface area contributed by atoms with Gasteiger partial charge in [-0.3, -0.25) is 4.98 Å². The highest BCUT2D eigenvalue weighted by Gasteiger charge is 2.12. The molecule has 0 amide bonds. The fourth-order valence-corrected chi connectivity index (χ4v) is 1.91. The van der Waals surface area contributed by atoms with E-state index in [1.165, 1.54) is 0 Å². The van der Waals surface area contributed by atoms with Gasteiger partial charge in [-0.15, -0.1) is 12.4 Å². The molecular weight excluding hydrogens is 278 g/mol. The van der Waals surface area contributed by atoms with E-state index >= 15 is 0 Å². The molecule has 1 aromatic carbocycles. The molecule has 0 aliphatic carbocycles. The minimum absolute atomic E-state index is 0. The van der Waals surface area contributed by atoms with Gasteiger partial charge in [0.1, 0.15) is 12.4 Å². The molecule has 0 aliphatic rings. The Hall–Kier alpha value is -1.62. The smallest absolute Gasteiger partial charge is 0.146 e. The number of hydrogen-bond acceptors (Lipinski definition) is 4. The molecule has 0 fully saturated rings. The molecule has 2 N–H and O–H groups in total. The fraction of sp³-hybridized carbons (Fsp3) is 0.267. The van der Waals surface area contributed by atoms with E-state index in [0.717, 1.165) is 5.56 Å². The Morgan fingerprint density at radius 3 is 2.40 bits per heavy atom. The van der Waals surface area contributed by atoms with Crippen molar-refractivity contribution in [1.82, 2.24) is 4.98 Å². The molecule has 0 saturated heterocycles. The van der Waals surface area contributed by atoms with Crippen LogP contribution in [0.3, 0.4) is 0 Å². The van der Waals surface area contributed by atoms with Crippen molar-refractivity contribution < 1.29 is 14.9 Å². The molecule has 2 rings (SSSR count). The van der Waals surface area contributed by atoms with Crippen LogP contribution in [0.1, 0.15) is 22.4 Å². The molecule has 2 aromatic rings. The minimum atomic E-state index is -0.177. The predicted octanol–water partition coefficient (Wildman–Crippen LogP) is 2.38. The second-order valence-corrected chi connectivity index (χ2v) is 4.27. The summed E-state index contributed by atoms with van der Waals surface area (Å²) in [6.07, 6.45) is 1.57.